The summed E-state index contributed by atoms with van der Waals surface area (Å²) >= 11 is 2.97. The van der Waals surface area contributed by atoms with Crippen LogP contribution in [0.25, 0.3) is 0 Å². The molecule has 2 aromatic carbocycles. The summed E-state index contributed by atoms with van der Waals surface area (Å²) in [6, 6.07) is 6.67. The highest BCUT2D eigenvalue weighted by molar-refractivity contribution is 9.10. The van der Waals surface area contributed by atoms with E-state index in [2.05, 4.69) is 15.9 Å². The SMILES string of the molecule is Cc1c(OCc2c(F)ccc(Br)c2F)cccc1[N+](=O)[O-]. The summed E-state index contributed by atoms with van der Waals surface area (Å²) in [5, 5.41) is 10.8. The van der Waals surface area contributed by atoms with Gasteiger partial charge in [0.05, 0.1) is 20.5 Å². The monoisotopic (exact) mass is 357 g/mol. The third-order valence-corrected chi connectivity index (χ3v) is 3.58. The maximum atomic E-state index is 13.8. The van der Waals surface area contributed by atoms with Gasteiger partial charge in [-0.05, 0) is 41.1 Å². The summed E-state index contributed by atoms with van der Waals surface area (Å²) in [4.78, 5) is 10.3. The van der Waals surface area contributed by atoms with Crippen LogP contribution in [-0.4, -0.2) is 4.92 Å². The Labute approximate surface area is 127 Å². The van der Waals surface area contributed by atoms with Crippen molar-refractivity contribution in [1.82, 2.24) is 0 Å². The smallest absolute Gasteiger partial charge is 0.276 e. The van der Waals surface area contributed by atoms with Gasteiger partial charge in [-0.2, -0.15) is 0 Å². The highest BCUT2D eigenvalue weighted by Crippen LogP contribution is 2.29. The summed E-state index contributed by atoms with van der Waals surface area (Å²) < 4.78 is 32.8. The van der Waals surface area contributed by atoms with Crippen LogP contribution < -0.4 is 4.74 Å². The maximum Gasteiger partial charge on any atom is 0.276 e. The summed E-state index contributed by atoms with van der Waals surface area (Å²) in [5.41, 5.74) is -0.0451. The second-order valence-corrected chi connectivity index (χ2v) is 5.12. The average Bonchev–Trinajstić information content (AvgIpc) is 2.44. The number of halogens is 3. The van der Waals surface area contributed by atoms with E-state index in [-0.39, 0.29) is 28.1 Å². The van der Waals surface area contributed by atoms with Gasteiger partial charge in [-0.3, -0.25) is 10.1 Å². The second kappa shape index (κ2) is 6.17. The largest absolute Gasteiger partial charge is 0.488 e. The number of rotatable bonds is 4. The van der Waals surface area contributed by atoms with E-state index in [1.54, 1.807) is 0 Å². The zero-order chi connectivity index (χ0) is 15.6. The van der Waals surface area contributed by atoms with Gasteiger partial charge in [0.2, 0.25) is 0 Å². The van der Waals surface area contributed by atoms with Crippen LogP contribution in [0.3, 0.4) is 0 Å². The Morgan fingerprint density at radius 3 is 2.67 bits per heavy atom. The molecule has 0 unspecified atom stereocenters. The molecule has 4 nitrogen and oxygen atoms in total. The number of ether oxygens (including phenoxy) is 1. The first-order valence-electron chi connectivity index (χ1n) is 5.91. The zero-order valence-electron chi connectivity index (χ0n) is 10.9. The second-order valence-electron chi connectivity index (χ2n) is 4.27. The summed E-state index contributed by atoms with van der Waals surface area (Å²) in [7, 11) is 0. The van der Waals surface area contributed by atoms with Crippen LogP contribution in [0.15, 0.2) is 34.8 Å². The van der Waals surface area contributed by atoms with Crippen LogP contribution >= 0.6 is 15.9 Å². The molecule has 0 aromatic heterocycles. The molecule has 0 aliphatic heterocycles. The molecule has 0 N–H and O–H groups in total. The van der Waals surface area contributed by atoms with E-state index >= 15 is 0 Å². The van der Waals surface area contributed by atoms with E-state index in [1.807, 2.05) is 0 Å². The van der Waals surface area contributed by atoms with E-state index in [0.717, 1.165) is 6.07 Å². The number of nitro benzene ring substituents is 1. The number of nitro groups is 1. The van der Waals surface area contributed by atoms with Crippen LogP contribution in [0.2, 0.25) is 0 Å². The topological polar surface area (TPSA) is 52.4 Å². The van der Waals surface area contributed by atoms with Gasteiger partial charge < -0.3 is 4.74 Å². The number of hydrogen-bond acceptors (Lipinski definition) is 3. The third-order valence-electron chi connectivity index (χ3n) is 2.96. The van der Waals surface area contributed by atoms with E-state index in [4.69, 9.17) is 4.74 Å². The predicted octanol–water partition coefficient (Wildman–Crippen LogP) is 4.52. The van der Waals surface area contributed by atoms with Crippen LogP contribution in [0, 0.1) is 28.7 Å². The maximum absolute atomic E-state index is 13.8. The molecule has 110 valence electrons. The molecule has 0 spiro atoms. The Bertz CT molecular complexity index is 707. The van der Waals surface area contributed by atoms with E-state index in [1.165, 1.54) is 31.2 Å². The molecule has 0 saturated carbocycles. The lowest BCUT2D eigenvalue weighted by Gasteiger charge is -2.11. The fourth-order valence-electron chi connectivity index (χ4n) is 1.81. The Morgan fingerprint density at radius 1 is 1.29 bits per heavy atom. The Kier molecular flexibility index (Phi) is 4.52. The van der Waals surface area contributed by atoms with Crippen molar-refractivity contribution in [3.63, 3.8) is 0 Å². The van der Waals surface area contributed by atoms with Gasteiger partial charge in [-0.1, -0.05) is 6.07 Å². The molecule has 0 aliphatic carbocycles. The first kappa shape index (κ1) is 15.4. The molecule has 2 aromatic rings. The van der Waals surface area contributed by atoms with Crippen molar-refractivity contribution in [2.75, 3.05) is 0 Å². The molecular formula is C14H10BrF2NO3. The predicted molar refractivity (Wildman–Crippen MR) is 76.2 cm³/mol. The van der Waals surface area contributed by atoms with Gasteiger partial charge >= 0.3 is 0 Å². The number of nitrogens with zero attached hydrogens (tertiary/aromatic N) is 1. The van der Waals surface area contributed by atoms with Crippen LogP contribution in [0.4, 0.5) is 14.5 Å². The van der Waals surface area contributed by atoms with Crippen LogP contribution in [0.5, 0.6) is 5.75 Å². The van der Waals surface area contributed by atoms with Gasteiger partial charge in [-0.15, -0.1) is 0 Å². The van der Waals surface area contributed by atoms with Crippen molar-refractivity contribution >= 4 is 21.6 Å². The zero-order valence-corrected chi connectivity index (χ0v) is 12.5. The van der Waals surface area contributed by atoms with Gasteiger partial charge in [0.25, 0.3) is 5.69 Å². The van der Waals surface area contributed by atoms with Crippen molar-refractivity contribution in [3.8, 4) is 5.75 Å². The Morgan fingerprint density at radius 2 is 2.00 bits per heavy atom. The minimum Gasteiger partial charge on any atom is -0.488 e. The van der Waals surface area contributed by atoms with E-state index in [9.17, 15) is 18.9 Å². The standard InChI is InChI=1S/C14H10BrF2NO3/c1-8-12(18(19)20)3-2-4-13(8)21-7-9-11(16)6-5-10(15)14(9)17/h2-6H,7H2,1H3. The average molecular weight is 358 g/mol. The summed E-state index contributed by atoms with van der Waals surface area (Å²) in [5.74, 6) is -1.28. The quantitative estimate of drug-likeness (QED) is 0.459. The first-order chi connectivity index (χ1) is 9.91. The highest BCUT2D eigenvalue weighted by atomic mass is 79.9. The van der Waals surface area contributed by atoms with Crippen molar-refractivity contribution < 1.29 is 18.4 Å². The Hall–Kier alpha value is -2.02. The van der Waals surface area contributed by atoms with E-state index < -0.39 is 16.6 Å². The van der Waals surface area contributed by atoms with Gasteiger partial charge in [-0.25, -0.2) is 8.78 Å². The number of hydrogen-bond donors (Lipinski definition) is 0. The molecule has 0 heterocycles. The molecule has 0 atom stereocenters. The van der Waals surface area contributed by atoms with Gasteiger partial charge in [0.1, 0.15) is 24.0 Å². The Balaban J connectivity index is 2.27. The van der Waals surface area contributed by atoms with Crippen molar-refractivity contribution in [2.45, 2.75) is 13.5 Å². The lowest BCUT2D eigenvalue weighted by molar-refractivity contribution is -0.385. The molecule has 21 heavy (non-hydrogen) atoms. The highest BCUT2D eigenvalue weighted by Gasteiger charge is 2.17. The normalized spacial score (nSPS) is 10.5. The van der Waals surface area contributed by atoms with Crippen LogP contribution in [-0.2, 0) is 6.61 Å². The van der Waals surface area contributed by atoms with Gasteiger partial charge in [0.15, 0.2) is 0 Å². The lowest BCUT2D eigenvalue weighted by Crippen LogP contribution is -2.04. The summed E-state index contributed by atoms with van der Waals surface area (Å²) in [6.45, 7) is 1.15. The first-order valence-corrected chi connectivity index (χ1v) is 6.70. The summed E-state index contributed by atoms with van der Waals surface area (Å²) in [6.07, 6.45) is 0. The minimum absolute atomic E-state index is 0.109. The van der Waals surface area contributed by atoms with Crippen molar-refractivity contribution in [3.05, 3.63) is 67.7 Å². The molecule has 0 amide bonds. The molecule has 0 bridgehead atoms. The molecule has 0 radical (unpaired) electrons. The van der Waals surface area contributed by atoms with Gasteiger partial charge in [0, 0.05) is 6.07 Å². The minimum atomic E-state index is -0.752. The van der Waals surface area contributed by atoms with Crippen LogP contribution in [0.1, 0.15) is 11.1 Å². The molecule has 7 heteroatoms. The fraction of sp³-hybridized carbons (Fsp3) is 0.143. The fourth-order valence-corrected chi connectivity index (χ4v) is 2.18. The van der Waals surface area contributed by atoms with E-state index in [0.29, 0.717) is 5.56 Å². The van der Waals surface area contributed by atoms with Crippen molar-refractivity contribution in [2.24, 2.45) is 0 Å². The molecule has 0 fully saturated rings. The van der Waals surface area contributed by atoms with Crippen molar-refractivity contribution in [1.29, 1.82) is 0 Å². The molecule has 2 rings (SSSR count). The third kappa shape index (κ3) is 3.18. The molecular weight excluding hydrogens is 348 g/mol. The lowest BCUT2D eigenvalue weighted by atomic mass is 10.2. The number of benzene rings is 2. The molecule has 0 aliphatic rings. The molecule has 0 saturated heterocycles.